The van der Waals surface area contributed by atoms with Crippen molar-refractivity contribution in [3.8, 4) is 5.88 Å². The number of rotatable bonds is 7. The normalized spacial score (nSPS) is 11.0. The van der Waals surface area contributed by atoms with Gasteiger partial charge in [-0.1, -0.05) is 36.4 Å². The molecule has 0 unspecified atom stereocenters. The maximum Gasteiger partial charge on any atom is 0.261 e. The largest absolute Gasteiger partial charge is 0.477 e. The van der Waals surface area contributed by atoms with Crippen LogP contribution in [-0.4, -0.2) is 35.6 Å². The second-order valence-electron chi connectivity index (χ2n) is 6.56. The first kappa shape index (κ1) is 19.1. The number of thiophene rings is 1. The van der Waals surface area contributed by atoms with Crippen molar-refractivity contribution >= 4 is 43.9 Å². The molecular formula is C22H22N4O2S. The molecule has 148 valence electrons. The van der Waals surface area contributed by atoms with Gasteiger partial charge >= 0.3 is 0 Å². The summed E-state index contributed by atoms with van der Waals surface area (Å²) in [6.45, 7) is 5.48. The van der Waals surface area contributed by atoms with Crippen LogP contribution in [0.3, 0.4) is 0 Å². The predicted octanol–water partition coefficient (Wildman–Crippen LogP) is 4.39. The number of hydrogen-bond donors (Lipinski definition) is 2. The van der Waals surface area contributed by atoms with Crippen molar-refractivity contribution in [3.05, 3.63) is 59.2 Å². The maximum absolute atomic E-state index is 12.7. The quantitative estimate of drug-likeness (QED) is 0.445. The lowest BCUT2D eigenvalue weighted by Crippen LogP contribution is -2.28. The van der Waals surface area contributed by atoms with Crippen LogP contribution in [0.1, 0.15) is 22.2 Å². The molecule has 2 aromatic heterocycles. The van der Waals surface area contributed by atoms with Crippen LogP contribution in [-0.2, 0) is 0 Å². The Morgan fingerprint density at radius 1 is 1.10 bits per heavy atom. The first-order valence-electron chi connectivity index (χ1n) is 9.55. The summed E-state index contributed by atoms with van der Waals surface area (Å²) in [5, 5.41) is 9.57. The number of hydrogen-bond acceptors (Lipinski definition) is 6. The smallest absolute Gasteiger partial charge is 0.261 e. The second kappa shape index (κ2) is 8.45. The summed E-state index contributed by atoms with van der Waals surface area (Å²) in [5.74, 6) is 0.426. The van der Waals surface area contributed by atoms with Crippen molar-refractivity contribution in [1.29, 1.82) is 0 Å². The minimum Gasteiger partial charge on any atom is -0.477 e. The molecule has 2 N–H and O–H groups in total. The Bertz CT molecular complexity index is 1170. The first-order valence-corrected chi connectivity index (χ1v) is 10.4. The second-order valence-corrected chi connectivity index (χ2v) is 7.56. The number of nitrogens with zero attached hydrogens (tertiary/aromatic N) is 2. The Morgan fingerprint density at radius 3 is 2.79 bits per heavy atom. The molecule has 0 bridgehead atoms. The van der Waals surface area contributed by atoms with Gasteiger partial charge in [-0.05, 0) is 30.9 Å². The van der Waals surface area contributed by atoms with Gasteiger partial charge in [0.25, 0.3) is 5.91 Å². The number of benzene rings is 2. The van der Waals surface area contributed by atoms with E-state index in [0.717, 1.165) is 21.5 Å². The fraction of sp³-hybridized carbons (Fsp3) is 0.227. The molecule has 2 aromatic carbocycles. The summed E-state index contributed by atoms with van der Waals surface area (Å²) in [7, 11) is 0. The third-order valence-corrected chi connectivity index (χ3v) is 5.89. The molecule has 0 saturated heterocycles. The van der Waals surface area contributed by atoms with E-state index in [-0.39, 0.29) is 5.91 Å². The molecule has 0 aliphatic carbocycles. The van der Waals surface area contributed by atoms with Gasteiger partial charge in [-0.15, -0.1) is 11.3 Å². The number of nitrogens with one attached hydrogen (secondary N) is 2. The molecule has 7 heteroatoms. The molecule has 0 saturated carbocycles. The predicted molar refractivity (Wildman–Crippen MR) is 118 cm³/mol. The summed E-state index contributed by atoms with van der Waals surface area (Å²) >= 11 is 1.36. The molecule has 6 nitrogen and oxygen atoms in total. The number of ether oxygens (including phenoxy) is 1. The van der Waals surface area contributed by atoms with Crippen LogP contribution in [0, 0.1) is 6.92 Å². The highest BCUT2D eigenvalue weighted by molar-refractivity contribution is 7.20. The Balaban J connectivity index is 1.42. The Kier molecular flexibility index (Phi) is 5.57. The standard InChI is InChI=1S/C22H22N4O2S/c1-3-28-21-18-14(2)19(29-22(18)26-13-25-21)20(27)24-12-11-23-17-10-6-8-15-7-4-5-9-16(15)17/h4-10,13,23H,3,11-12H2,1-2H3,(H,24,27). The van der Waals surface area contributed by atoms with Crippen molar-refractivity contribution in [2.45, 2.75) is 13.8 Å². The number of carbonyl (C=O) groups excluding carboxylic acids is 1. The van der Waals surface area contributed by atoms with E-state index in [1.165, 1.54) is 28.4 Å². The zero-order chi connectivity index (χ0) is 20.2. The third-order valence-electron chi connectivity index (χ3n) is 4.69. The summed E-state index contributed by atoms with van der Waals surface area (Å²) in [4.78, 5) is 22.6. The van der Waals surface area contributed by atoms with E-state index in [1.54, 1.807) is 0 Å². The molecule has 4 rings (SSSR count). The van der Waals surface area contributed by atoms with Crippen molar-refractivity contribution < 1.29 is 9.53 Å². The minimum absolute atomic E-state index is 0.104. The first-order chi connectivity index (χ1) is 14.2. The topological polar surface area (TPSA) is 76.1 Å². The van der Waals surface area contributed by atoms with Gasteiger partial charge in [0.05, 0.1) is 16.9 Å². The van der Waals surface area contributed by atoms with Gasteiger partial charge < -0.3 is 15.4 Å². The van der Waals surface area contributed by atoms with Crippen molar-refractivity contribution in [2.75, 3.05) is 25.0 Å². The number of aromatic nitrogens is 2. The summed E-state index contributed by atoms with van der Waals surface area (Å²) in [6, 6.07) is 14.4. The van der Waals surface area contributed by atoms with Gasteiger partial charge in [0.1, 0.15) is 11.2 Å². The molecule has 4 aromatic rings. The van der Waals surface area contributed by atoms with E-state index in [2.05, 4.69) is 38.8 Å². The maximum atomic E-state index is 12.7. The van der Waals surface area contributed by atoms with Crippen molar-refractivity contribution in [3.63, 3.8) is 0 Å². The van der Waals surface area contributed by atoms with Crippen molar-refractivity contribution in [1.82, 2.24) is 15.3 Å². The lowest BCUT2D eigenvalue weighted by Gasteiger charge is -2.10. The molecule has 0 aliphatic rings. The molecule has 2 heterocycles. The highest BCUT2D eigenvalue weighted by Crippen LogP contribution is 2.34. The van der Waals surface area contributed by atoms with Crippen LogP contribution >= 0.6 is 11.3 Å². The van der Waals surface area contributed by atoms with E-state index in [0.29, 0.717) is 30.5 Å². The fourth-order valence-electron chi connectivity index (χ4n) is 3.34. The summed E-state index contributed by atoms with van der Waals surface area (Å²) in [6.07, 6.45) is 1.47. The van der Waals surface area contributed by atoms with E-state index in [9.17, 15) is 4.79 Å². The van der Waals surface area contributed by atoms with Gasteiger partial charge in [-0.25, -0.2) is 9.97 Å². The Morgan fingerprint density at radius 2 is 1.93 bits per heavy atom. The monoisotopic (exact) mass is 406 g/mol. The molecule has 0 spiro atoms. The summed E-state index contributed by atoms with van der Waals surface area (Å²) in [5.41, 5.74) is 1.92. The molecule has 0 radical (unpaired) electrons. The highest BCUT2D eigenvalue weighted by atomic mass is 32.1. The van der Waals surface area contributed by atoms with Gasteiger partial charge in [-0.3, -0.25) is 4.79 Å². The average Bonchev–Trinajstić information content (AvgIpc) is 3.09. The molecule has 0 aliphatic heterocycles. The molecule has 1 amide bonds. The highest BCUT2D eigenvalue weighted by Gasteiger charge is 2.19. The van der Waals surface area contributed by atoms with E-state index >= 15 is 0 Å². The average molecular weight is 407 g/mol. The van der Waals surface area contributed by atoms with Crippen LogP contribution in [0.25, 0.3) is 21.0 Å². The lowest BCUT2D eigenvalue weighted by atomic mass is 10.1. The van der Waals surface area contributed by atoms with Gasteiger partial charge in [0.15, 0.2) is 0 Å². The third kappa shape index (κ3) is 3.86. The van der Waals surface area contributed by atoms with Gasteiger partial charge in [0.2, 0.25) is 5.88 Å². The van der Waals surface area contributed by atoms with Crippen LogP contribution < -0.4 is 15.4 Å². The SMILES string of the molecule is CCOc1ncnc2sc(C(=O)NCCNc3cccc4ccccc34)c(C)c12. The van der Waals surface area contributed by atoms with Crippen LogP contribution in [0.2, 0.25) is 0 Å². The zero-order valence-corrected chi connectivity index (χ0v) is 17.2. The van der Waals surface area contributed by atoms with Crippen LogP contribution in [0.4, 0.5) is 5.69 Å². The Hall–Kier alpha value is -3.19. The number of anilines is 1. The minimum atomic E-state index is -0.104. The van der Waals surface area contributed by atoms with E-state index in [4.69, 9.17) is 4.74 Å². The number of carbonyl (C=O) groups is 1. The number of aryl methyl sites for hydroxylation is 1. The lowest BCUT2D eigenvalue weighted by molar-refractivity contribution is 0.0959. The Labute approximate surface area is 172 Å². The summed E-state index contributed by atoms with van der Waals surface area (Å²) < 4.78 is 5.59. The van der Waals surface area contributed by atoms with Gasteiger partial charge in [0, 0.05) is 24.2 Å². The van der Waals surface area contributed by atoms with Crippen LogP contribution in [0.5, 0.6) is 5.88 Å². The molecule has 29 heavy (non-hydrogen) atoms. The molecule has 0 atom stereocenters. The van der Waals surface area contributed by atoms with E-state index < -0.39 is 0 Å². The number of amides is 1. The van der Waals surface area contributed by atoms with Crippen LogP contribution in [0.15, 0.2) is 48.8 Å². The van der Waals surface area contributed by atoms with Crippen molar-refractivity contribution in [2.24, 2.45) is 0 Å². The van der Waals surface area contributed by atoms with E-state index in [1.807, 2.05) is 38.1 Å². The zero-order valence-electron chi connectivity index (χ0n) is 16.4. The number of fused-ring (bicyclic) bond motifs is 2. The molecular weight excluding hydrogens is 384 g/mol. The molecule has 0 fully saturated rings. The fourth-order valence-corrected chi connectivity index (χ4v) is 4.39. The van der Waals surface area contributed by atoms with Gasteiger partial charge in [-0.2, -0.15) is 0 Å².